The number of rotatable bonds is 20. The third kappa shape index (κ3) is 18.4. The summed E-state index contributed by atoms with van der Waals surface area (Å²) in [6, 6.07) is 13.4. The molecule has 0 saturated carbocycles. The highest BCUT2D eigenvalue weighted by Gasteiger charge is 2.33. The summed E-state index contributed by atoms with van der Waals surface area (Å²) in [5.74, 6) is -4.67. The second kappa shape index (κ2) is 25.9. The average Bonchev–Trinajstić information content (AvgIpc) is 3.24. The fourth-order valence-electron chi connectivity index (χ4n) is 6.09. The molecule has 2 aromatic rings. The van der Waals surface area contributed by atoms with E-state index in [0.717, 1.165) is 0 Å². The molecule has 0 aromatic heterocycles. The summed E-state index contributed by atoms with van der Waals surface area (Å²) in [7, 11) is 1.48. The first-order chi connectivity index (χ1) is 29.7. The Bertz CT molecular complexity index is 1900. The number of urea groups is 2. The number of likely N-dealkylation sites (N-methyl/N-ethyl adjacent to an activating group) is 1. The van der Waals surface area contributed by atoms with Gasteiger partial charge >= 0.3 is 23.9 Å². The van der Waals surface area contributed by atoms with Gasteiger partial charge < -0.3 is 36.8 Å². The maximum atomic E-state index is 14.2. The molecule has 0 radical (unpaired) electrons. The van der Waals surface area contributed by atoms with Crippen LogP contribution in [0.3, 0.4) is 0 Å². The zero-order valence-corrected chi connectivity index (χ0v) is 37.8. The number of para-hydroxylation sites is 1. The summed E-state index contributed by atoms with van der Waals surface area (Å²) in [4.78, 5) is 108. The van der Waals surface area contributed by atoms with Gasteiger partial charge in [-0.1, -0.05) is 82.6 Å². The molecule has 0 aliphatic carbocycles. The topological polar surface area (TPSA) is 263 Å². The molecule has 0 spiro atoms. The molecule has 10 amide bonds. The Hall–Kier alpha value is -6.71. The van der Waals surface area contributed by atoms with E-state index in [1.165, 1.54) is 23.8 Å². The zero-order valence-electron chi connectivity index (χ0n) is 37.8. The van der Waals surface area contributed by atoms with Crippen LogP contribution in [0.15, 0.2) is 60.7 Å². The van der Waals surface area contributed by atoms with Crippen LogP contribution < -0.4 is 47.7 Å². The largest absolute Gasteiger partial charge is 0.357 e. The molecule has 8 N–H and O–H groups in total. The van der Waals surface area contributed by atoms with Crippen molar-refractivity contribution in [1.29, 1.82) is 5.26 Å². The van der Waals surface area contributed by atoms with Gasteiger partial charge in [-0.15, -0.1) is 0 Å². The first-order valence-electron chi connectivity index (χ1n) is 21.0. The summed E-state index contributed by atoms with van der Waals surface area (Å²) in [5.41, 5.74) is 4.94. The number of nitrogens with zero attached hydrogens (tertiary/aromatic N) is 3. The maximum absolute atomic E-state index is 14.2. The van der Waals surface area contributed by atoms with E-state index in [2.05, 4.69) is 42.8 Å². The molecule has 19 nitrogen and oxygen atoms in total. The van der Waals surface area contributed by atoms with E-state index in [1.54, 1.807) is 88.4 Å². The molecule has 2 aromatic carbocycles. The van der Waals surface area contributed by atoms with E-state index in [1.807, 2.05) is 26.8 Å². The monoisotopic (exact) mass is 876 g/mol. The molecule has 19 heteroatoms. The van der Waals surface area contributed by atoms with Gasteiger partial charge in [-0.3, -0.25) is 39.1 Å². The molecule has 0 saturated heterocycles. The van der Waals surface area contributed by atoms with Gasteiger partial charge in [0, 0.05) is 44.3 Å². The van der Waals surface area contributed by atoms with E-state index in [9.17, 15) is 43.6 Å². The van der Waals surface area contributed by atoms with Crippen molar-refractivity contribution in [3.8, 4) is 6.07 Å². The van der Waals surface area contributed by atoms with E-state index in [0.29, 0.717) is 24.1 Å². The lowest BCUT2D eigenvalue weighted by Crippen LogP contribution is -2.60. The number of hydrogen-bond acceptors (Lipinski definition) is 9. The molecule has 0 aliphatic heterocycles. The van der Waals surface area contributed by atoms with Gasteiger partial charge in [-0.05, 0) is 63.6 Å². The summed E-state index contributed by atoms with van der Waals surface area (Å²) >= 11 is 0. The number of hydrazine groups is 1. The maximum Gasteiger partial charge on any atom is 0.340 e. The summed E-state index contributed by atoms with van der Waals surface area (Å²) < 4.78 is 0. The van der Waals surface area contributed by atoms with Crippen LogP contribution in [0.4, 0.5) is 15.3 Å². The minimum absolute atomic E-state index is 0.0337. The van der Waals surface area contributed by atoms with Gasteiger partial charge in [0.25, 0.3) is 5.91 Å². The highest BCUT2D eigenvalue weighted by atomic mass is 16.2. The summed E-state index contributed by atoms with van der Waals surface area (Å²) in [6.07, 6.45) is 0.818. The number of carbonyl (C=O) groups is 8. The van der Waals surface area contributed by atoms with Crippen LogP contribution in [-0.4, -0.2) is 109 Å². The normalized spacial score (nSPS) is 13.3. The molecule has 0 bridgehead atoms. The smallest absolute Gasteiger partial charge is 0.340 e. The summed E-state index contributed by atoms with van der Waals surface area (Å²) in [6.45, 7) is 13.5. The van der Waals surface area contributed by atoms with Crippen LogP contribution in [0.1, 0.15) is 80.2 Å². The van der Waals surface area contributed by atoms with Crippen LogP contribution in [-0.2, 0) is 35.2 Å². The first-order valence-corrected chi connectivity index (χ1v) is 21.0. The van der Waals surface area contributed by atoms with Crippen LogP contribution in [0.5, 0.6) is 0 Å². The fourth-order valence-corrected chi connectivity index (χ4v) is 6.09. The van der Waals surface area contributed by atoms with Crippen LogP contribution in [0, 0.1) is 23.2 Å². The third-order valence-corrected chi connectivity index (χ3v) is 9.69. The van der Waals surface area contributed by atoms with E-state index >= 15 is 0 Å². The Kier molecular flexibility index (Phi) is 21.6. The molecule has 2 rings (SSSR count). The molecule has 5 atom stereocenters. The molecule has 1 unspecified atom stereocenters. The van der Waals surface area contributed by atoms with Gasteiger partial charge in [-0.2, -0.15) is 5.26 Å². The molecule has 0 aliphatic rings. The second-order valence-electron chi connectivity index (χ2n) is 16.6. The Morgan fingerprint density at radius 2 is 1.30 bits per heavy atom. The van der Waals surface area contributed by atoms with Crippen LogP contribution in [0.25, 0.3) is 0 Å². The summed E-state index contributed by atoms with van der Waals surface area (Å²) in [5, 5.41) is 25.2. The minimum atomic E-state index is -1.22. The number of nitriles is 1. The lowest BCUT2D eigenvalue weighted by molar-refractivity contribution is -0.141. The highest BCUT2D eigenvalue weighted by molar-refractivity contribution is 6.35. The van der Waals surface area contributed by atoms with Crippen molar-refractivity contribution in [3.05, 3.63) is 66.2 Å². The van der Waals surface area contributed by atoms with Crippen LogP contribution in [0.2, 0.25) is 0 Å². The van der Waals surface area contributed by atoms with Gasteiger partial charge in [0.1, 0.15) is 24.2 Å². The molecule has 63 heavy (non-hydrogen) atoms. The number of carbonyl (C=O) groups excluding carboxylic acids is 8. The van der Waals surface area contributed by atoms with Crippen molar-refractivity contribution < 1.29 is 38.4 Å². The van der Waals surface area contributed by atoms with Gasteiger partial charge in [0.2, 0.25) is 17.7 Å². The van der Waals surface area contributed by atoms with Crippen molar-refractivity contribution >= 4 is 53.2 Å². The zero-order chi connectivity index (χ0) is 47.3. The van der Waals surface area contributed by atoms with E-state index in [-0.39, 0.29) is 50.2 Å². The predicted molar refractivity (Wildman–Crippen MR) is 237 cm³/mol. The van der Waals surface area contributed by atoms with Gasteiger partial charge in [0.05, 0.1) is 12.5 Å². The van der Waals surface area contributed by atoms with Crippen molar-refractivity contribution in [2.24, 2.45) is 11.8 Å². The van der Waals surface area contributed by atoms with E-state index < -0.39 is 71.3 Å². The molecule has 0 heterocycles. The lowest BCUT2D eigenvalue weighted by Gasteiger charge is -2.31. The Morgan fingerprint density at radius 3 is 1.86 bits per heavy atom. The van der Waals surface area contributed by atoms with E-state index in [4.69, 9.17) is 0 Å². The first kappa shape index (κ1) is 52.4. The van der Waals surface area contributed by atoms with Gasteiger partial charge in [-0.25, -0.2) is 15.0 Å². The lowest BCUT2D eigenvalue weighted by atomic mass is 9.96. The van der Waals surface area contributed by atoms with Gasteiger partial charge in [0.15, 0.2) is 0 Å². The number of amides is 10. The molecule has 0 fully saturated rings. The van der Waals surface area contributed by atoms with Crippen molar-refractivity contribution in [1.82, 2.24) is 47.7 Å². The van der Waals surface area contributed by atoms with Crippen LogP contribution >= 0.6 is 0 Å². The minimum Gasteiger partial charge on any atom is -0.357 e. The van der Waals surface area contributed by atoms with Crippen molar-refractivity contribution in [2.45, 2.75) is 111 Å². The number of benzene rings is 2. The third-order valence-electron chi connectivity index (χ3n) is 9.69. The highest BCUT2D eigenvalue weighted by Crippen LogP contribution is 2.15. The SMILES string of the molecule is CCC(C)[C@H](NC(=O)[C@H](Cc1ccccc1)NC(=O)N(CCC#N)CCN(C(=O)NNC(=O)[C@H](C)NC(=O)C(=O)NC(C)(C)C)c1ccccc1)C(=O)N[C@@H](CC(C)C)C(=O)NC. The molecule has 344 valence electrons. The Labute approximate surface area is 370 Å². The Morgan fingerprint density at radius 1 is 0.683 bits per heavy atom. The van der Waals surface area contributed by atoms with Crippen molar-refractivity contribution in [2.75, 3.05) is 31.6 Å². The molecular formula is C44H65N11O8. The second-order valence-corrected chi connectivity index (χ2v) is 16.6. The number of hydrogen-bond donors (Lipinski definition) is 8. The number of nitrogens with one attached hydrogen (secondary N) is 8. The quantitative estimate of drug-likeness (QED) is 0.0714. The fraction of sp³-hybridized carbons (Fsp3) is 0.523. The predicted octanol–water partition coefficient (Wildman–Crippen LogP) is 2.00. The number of anilines is 1. The van der Waals surface area contributed by atoms with Crippen molar-refractivity contribution in [3.63, 3.8) is 0 Å². The molecular weight excluding hydrogens is 811 g/mol. The Balaban J connectivity index is 2.33. The standard InChI is InChI=1S/C44H65N11O8/c1-10-29(4)35(39(59)48-33(26-28(2)3)37(57)46-9)50-38(58)34(27-31-18-13-11-14-19-31)49-42(62)54(23-17-22-45)24-25-55(32-20-15-12-16-21-32)43(63)53-52-36(56)30(5)47-40(60)41(61)51-44(6,7)8/h11-16,18-21,28-30,33-35H,10,17,23-27H2,1-9H3,(H,46,57)(H,47,60)(H,48,59)(H,49,62)(H,50,58)(H,51,61)(H,52,56)(H,53,63)/t29?,30-,33-,34-,35-/m0/s1. The average molecular weight is 876 g/mol.